The Kier molecular flexibility index (Phi) is 4.16. The maximum atomic E-state index is 6.32. The van der Waals surface area contributed by atoms with Crippen LogP contribution in [0.5, 0.6) is 0 Å². The van der Waals surface area contributed by atoms with Crippen molar-refractivity contribution in [3.8, 4) is 0 Å². The van der Waals surface area contributed by atoms with Gasteiger partial charge in [0.1, 0.15) is 5.82 Å². The van der Waals surface area contributed by atoms with Gasteiger partial charge in [-0.2, -0.15) is 0 Å². The number of aromatic nitrogens is 2. The zero-order chi connectivity index (χ0) is 14.0. The van der Waals surface area contributed by atoms with Crippen LogP contribution in [0.2, 0.25) is 5.02 Å². The molecule has 2 N–H and O–H groups in total. The molecule has 3 nitrogen and oxygen atoms in total. The zero-order valence-electron chi connectivity index (χ0n) is 11.9. The molecule has 4 heteroatoms. The largest absolute Gasteiger partial charge is 0.327 e. The molecule has 2 aromatic rings. The van der Waals surface area contributed by atoms with Crippen molar-refractivity contribution in [3.05, 3.63) is 29.0 Å². The summed E-state index contributed by atoms with van der Waals surface area (Å²) in [6, 6.07) is 5.89. The average Bonchev–Trinajstić information content (AvgIpc) is 2.66. The molecule has 1 aromatic carbocycles. The summed E-state index contributed by atoms with van der Waals surface area (Å²) in [4.78, 5) is 4.72. The highest BCUT2D eigenvalue weighted by atomic mass is 35.5. The minimum Gasteiger partial charge on any atom is -0.327 e. The van der Waals surface area contributed by atoms with Crippen LogP contribution >= 0.6 is 11.6 Å². The highest BCUT2D eigenvalue weighted by Crippen LogP contribution is 2.26. The number of hydrogen-bond donors (Lipinski definition) is 1. The van der Waals surface area contributed by atoms with E-state index in [1.807, 2.05) is 32.0 Å². The monoisotopic (exact) mass is 279 g/mol. The molecule has 0 spiro atoms. The van der Waals surface area contributed by atoms with Gasteiger partial charge in [0.2, 0.25) is 0 Å². The summed E-state index contributed by atoms with van der Waals surface area (Å²) in [6.07, 6.45) is 2.86. The molecule has 0 bridgehead atoms. The Morgan fingerprint density at radius 2 is 2.11 bits per heavy atom. The van der Waals surface area contributed by atoms with Gasteiger partial charge in [0.25, 0.3) is 0 Å². The third kappa shape index (κ3) is 3.28. The van der Waals surface area contributed by atoms with Crippen molar-refractivity contribution >= 4 is 22.6 Å². The summed E-state index contributed by atoms with van der Waals surface area (Å²) in [5.41, 5.74) is 7.93. The van der Waals surface area contributed by atoms with Gasteiger partial charge < -0.3 is 10.3 Å². The van der Waals surface area contributed by atoms with Crippen LogP contribution in [0.4, 0.5) is 0 Å². The number of aryl methyl sites for hydroxylation is 2. The van der Waals surface area contributed by atoms with Crippen LogP contribution in [-0.2, 0) is 13.0 Å². The number of fused-ring (bicyclic) bond motifs is 1. The molecule has 0 aliphatic carbocycles. The third-order valence-corrected chi connectivity index (χ3v) is 3.54. The number of nitrogens with two attached hydrogens (primary N) is 1. The zero-order valence-corrected chi connectivity index (χ0v) is 12.7. The lowest BCUT2D eigenvalue weighted by atomic mass is 10.00. The predicted molar refractivity (Wildman–Crippen MR) is 81.6 cm³/mol. The summed E-state index contributed by atoms with van der Waals surface area (Å²) < 4.78 is 2.24. The van der Waals surface area contributed by atoms with E-state index < -0.39 is 0 Å². The average molecular weight is 280 g/mol. The first kappa shape index (κ1) is 14.4. The van der Waals surface area contributed by atoms with Crippen LogP contribution in [0.25, 0.3) is 11.0 Å². The molecule has 0 saturated heterocycles. The van der Waals surface area contributed by atoms with E-state index in [2.05, 4.69) is 11.5 Å². The van der Waals surface area contributed by atoms with Crippen molar-refractivity contribution < 1.29 is 0 Å². The maximum Gasteiger partial charge on any atom is 0.109 e. The van der Waals surface area contributed by atoms with Crippen LogP contribution in [0.3, 0.4) is 0 Å². The summed E-state index contributed by atoms with van der Waals surface area (Å²) in [6.45, 7) is 7.21. The standard InChI is InChI=1S/C15H22ClN3/c1-4-10-19-13(8-9-15(2,3)17)18-12-7-5-6-11(16)14(12)19/h5-7H,4,8-10,17H2,1-3H3. The topological polar surface area (TPSA) is 43.8 Å². The Morgan fingerprint density at radius 3 is 2.74 bits per heavy atom. The van der Waals surface area contributed by atoms with E-state index in [-0.39, 0.29) is 5.54 Å². The quantitative estimate of drug-likeness (QED) is 0.905. The van der Waals surface area contributed by atoms with Crippen molar-refractivity contribution in [2.75, 3.05) is 0 Å². The van der Waals surface area contributed by atoms with Gasteiger partial charge in [-0.25, -0.2) is 4.98 Å². The molecule has 0 fully saturated rings. The second kappa shape index (κ2) is 5.51. The van der Waals surface area contributed by atoms with E-state index in [4.69, 9.17) is 22.3 Å². The Balaban J connectivity index is 2.42. The first-order valence-electron chi connectivity index (χ1n) is 6.85. The van der Waals surface area contributed by atoms with E-state index in [0.717, 1.165) is 47.7 Å². The Labute approximate surface area is 119 Å². The number of nitrogens with zero attached hydrogens (tertiary/aromatic N) is 2. The Morgan fingerprint density at radius 1 is 1.37 bits per heavy atom. The lowest BCUT2D eigenvalue weighted by Gasteiger charge is -2.18. The van der Waals surface area contributed by atoms with Crippen molar-refractivity contribution in [1.29, 1.82) is 0 Å². The number of benzene rings is 1. The molecule has 0 amide bonds. The van der Waals surface area contributed by atoms with E-state index >= 15 is 0 Å². The minimum absolute atomic E-state index is 0.168. The minimum atomic E-state index is -0.168. The van der Waals surface area contributed by atoms with E-state index in [0.29, 0.717) is 0 Å². The molecule has 0 saturated carbocycles. The van der Waals surface area contributed by atoms with Gasteiger partial charge in [0, 0.05) is 18.5 Å². The lowest BCUT2D eigenvalue weighted by molar-refractivity contribution is 0.464. The third-order valence-electron chi connectivity index (χ3n) is 3.24. The molecule has 0 unspecified atom stereocenters. The number of hydrogen-bond acceptors (Lipinski definition) is 2. The smallest absolute Gasteiger partial charge is 0.109 e. The number of imidazole rings is 1. The molecular weight excluding hydrogens is 258 g/mol. The molecule has 1 aromatic heterocycles. The molecule has 0 radical (unpaired) electrons. The van der Waals surface area contributed by atoms with Crippen LogP contribution in [0, 0.1) is 0 Å². The molecule has 19 heavy (non-hydrogen) atoms. The molecule has 1 heterocycles. The molecular formula is C15H22ClN3. The van der Waals surface area contributed by atoms with Gasteiger partial charge >= 0.3 is 0 Å². The highest BCUT2D eigenvalue weighted by molar-refractivity contribution is 6.35. The van der Waals surface area contributed by atoms with Crippen LogP contribution in [0.15, 0.2) is 18.2 Å². The van der Waals surface area contributed by atoms with Crippen molar-refractivity contribution in [2.45, 2.75) is 52.1 Å². The summed E-state index contributed by atoms with van der Waals surface area (Å²) >= 11 is 6.32. The second-order valence-electron chi connectivity index (χ2n) is 5.78. The fourth-order valence-electron chi connectivity index (χ4n) is 2.28. The normalized spacial score (nSPS) is 12.3. The number of rotatable bonds is 5. The van der Waals surface area contributed by atoms with Crippen LogP contribution in [-0.4, -0.2) is 15.1 Å². The fourth-order valence-corrected chi connectivity index (χ4v) is 2.55. The first-order valence-corrected chi connectivity index (χ1v) is 7.22. The highest BCUT2D eigenvalue weighted by Gasteiger charge is 2.16. The second-order valence-corrected chi connectivity index (χ2v) is 6.18. The summed E-state index contributed by atoms with van der Waals surface area (Å²) in [5.74, 6) is 1.09. The van der Waals surface area contributed by atoms with Crippen molar-refractivity contribution in [3.63, 3.8) is 0 Å². The van der Waals surface area contributed by atoms with E-state index in [1.54, 1.807) is 0 Å². The molecule has 104 valence electrons. The Bertz CT molecular complexity index is 567. The number of halogens is 1. The summed E-state index contributed by atoms with van der Waals surface area (Å²) in [5, 5.41) is 0.775. The molecule has 2 rings (SSSR count). The van der Waals surface area contributed by atoms with Gasteiger partial charge in [0.05, 0.1) is 16.1 Å². The first-order chi connectivity index (χ1) is 8.92. The molecule has 0 aliphatic heterocycles. The van der Waals surface area contributed by atoms with Crippen LogP contribution < -0.4 is 5.73 Å². The summed E-state index contributed by atoms with van der Waals surface area (Å²) in [7, 11) is 0. The van der Waals surface area contributed by atoms with E-state index in [9.17, 15) is 0 Å². The van der Waals surface area contributed by atoms with Gasteiger partial charge in [0.15, 0.2) is 0 Å². The number of para-hydroxylation sites is 1. The molecule has 0 aliphatic rings. The fraction of sp³-hybridized carbons (Fsp3) is 0.533. The van der Waals surface area contributed by atoms with Gasteiger partial charge in [-0.1, -0.05) is 24.6 Å². The van der Waals surface area contributed by atoms with E-state index in [1.165, 1.54) is 0 Å². The SMILES string of the molecule is CCCn1c(CCC(C)(C)N)nc2cccc(Cl)c21. The maximum absolute atomic E-state index is 6.32. The van der Waals surface area contributed by atoms with Gasteiger partial charge in [-0.05, 0) is 38.8 Å². The van der Waals surface area contributed by atoms with Gasteiger partial charge in [-0.15, -0.1) is 0 Å². The lowest BCUT2D eigenvalue weighted by Crippen LogP contribution is -2.32. The van der Waals surface area contributed by atoms with Crippen molar-refractivity contribution in [2.24, 2.45) is 5.73 Å². The molecule has 0 atom stereocenters. The van der Waals surface area contributed by atoms with Gasteiger partial charge in [-0.3, -0.25) is 0 Å². The van der Waals surface area contributed by atoms with Crippen molar-refractivity contribution in [1.82, 2.24) is 9.55 Å². The predicted octanol–water partition coefficient (Wildman–Crippen LogP) is 3.77. The Hall–Kier alpha value is -1.06. The van der Waals surface area contributed by atoms with Crippen LogP contribution in [0.1, 0.15) is 39.4 Å².